The fraction of sp³-hybridized carbons (Fsp3) is 0.346. The van der Waals surface area contributed by atoms with Gasteiger partial charge in [0.1, 0.15) is 11.5 Å². The van der Waals surface area contributed by atoms with Gasteiger partial charge in [0.05, 0.1) is 49.8 Å². The Hall–Kier alpha value is -5.10. The molecule has 6 aliphatic heterocycles. The van der Waals surface area contributed by atoms with Crippen molar-refractivity contribution in [1.82, 2.24) is 19.6 Å². The highest BCUT2D eigenvalue weighted by atomic mass is 32.2. The van der Waals surface area contributed by atoms with Gasteiger partial charge in [-0.15, -0.1) is 47.0 Å². The molecule has 4 amide bonds. The molecule has 16 heteroatoms. The summed E-state index contributed by atoms with van der Waals surface area (Å²) >= 11 is 5.80. The summed E-state index contributed by atoms with van der Waals surface area (Å²) in [6.45, 7) is 0.577. The minimum atomic E-state index is -1.32. The summed E-state index contributed by atoms with van der Waals surface area (Å²) in [5.41, 5.74) is 5.49. The second-order valence-electron chi connectivity index (χ2n) is 17.4. The Bertz CT molecular complexity index is 2470. The zero-order valence-electron chi connectivity index (χ0n) is 38.8. The molecule has 6 atom stereocenters. The number of hydrogen-bond donors (Lipinski definition) is 0. The van der Waals surface area contributed by atoms with Crippen LogP contribution >= 0.6 is 47.0 Å². The quantitative estimate of drug-likeness (QED) is 0.0949. The Morgan fingerprint density at radius 1 is 0.412 bits per heavy atom. The fourth-order valence-electron chi connectivity index (χ4n) is 9.29. The highest BCUT2D eigenvalue weighted by Gasteiger charge is 2.68. The molecule has 0 aromatic heterocycles. The van der Waals surface area contributed by atoms with Crippen molar-refractivity contribution >= 4 is 70.7 Å². The number of rotatable bonds is 16. The summed E-state index contributed by atoms with van der Waals surface area (Å²) in [6, 6.07) is 43.0. The van der Waals surface area contributed by atoms with Crippen LogP contribution in [0.25, 0.3) is 0 Å². The predicted molar refractivity (Wildman–Crippen MR) is 270 cm³/mol. The molecule has 5 aromatic rings. The zero-order chi connectivity index (χ0) is 47.8. The van der Waals surface area contributed by atoms with E-state index in [1.165, 1.54) is 47.0 Å². The molecule has 4 bridgehead atoms. The number of hydrogen-bond acceptors (Lipinski definition) is 12. The number of methoxy groups -OCH3 is 2. The van der Waals surface area contributed by atoms with Gasteiger partial charge in [-0.2, -0.15) is 0 Å². The Kier molecular flexibility index (Phi) is 13.6. The number of ether oxygens (including phenoxy) is 4. The van der Waals surface area contributed by atoms with E-state index in [2.05, 4.69) is 0 Å². The first-order chi connectivity index (χ1) is 32.8. The number of carbonyl (C=O) groups is 4. The minimum absolute atomic E-state index is 0.000244. The summed E-state index contributed by atoms with van der Waals surface area (Å²) in [4.78, 5) is 61.1. The molecule has 5 aromatic carbocycles. The van der Waals surface area contributed by atoms with E-state index < -0.39 is 19.5 Å². The molecule has 6 aliphatic rings. The lowest BCUT2D eigenvalue weighted by Crippen LogP contribution is -2.73. The van der Waals surface area contributed by atoms with Crippen LogP contribution in [-0.2, 0) is 54.7 Å². The summed E-state index contributed by atoms with van der Waals surface area (Å²) in [7, 11) is 10.1. The number of nitrogens with zero attached hydrogens (tertiary/aromatic N) is 4. The molecular formula is C52H54N4O8S4. The first kappa shape index (κ1) is 47.9. The summed E-state index contributed by atoms with van der Waals surface area (Å²) in [5, 5.41) is 0. The second kappa shape index (κ2) is 19.4. The maximum atomic E-state index is 15.1. The number of piperazine rings is 2. The van der Waals surface area contributed by atoms with Crippen molar-refractivity contribution < 1.29 is 38.1 Å². The standard InChI is InChI=1S/C52H54N4O8S4/c1-53-47(59)51(33-63-31-37-13-9-7-10-14-37)55(3)45(57)49(53,65-43(67-51)39-21-25-41(61-5)26-22-39)29-35-17-19-36(20-18-35)30-50-46(58)56(4)52(48(60)54(50)2,34-64-32-38-15-11-8-12-16-38)68-44(66-50)40-23-27-42(62-6)28-24-40/h7-28,43-44H,29-34H2,1-6H3/t43?,44?,49-,50-,51-,52-/m0/s1. The van der Waals surface area contributed by atoms with Crippen LogP contribution in [0.4, 0.5) is 0 Å². The lowest BCUT2D eigenvalue weighted by Gasteiger charge is -2.51. The SMILES string of the molecule is COc1ccc(C2S[C@@]3(COCc4ccccc4)C(=O)N(C)[C@@](Cc4ccc(C[C@@]56SC(c7ccc(OC)cc7)S[C@@](COCc7ccccc7)(C(=O)N5C)N(C)C6=O)cc4)(S2)C(=O)N3C)cc1. The molecule has 0 N–H and O–H groups in total. The molecule has 6 saturated heterocycles. The van der Waals surface area contributed by atoms with E-state index >= 15 is 9.59 Å². The van der Waals surface area contributed by atoms with E-state index in [0.717, 1.165) is 33.4 Å². The van der Waals surface area contributed by atoms with Crippen molar-refractivity contribution in [3.05, 3.63) is 167 Å². The number of benzene rings is 5. The molecule has 68 heavy (non-hydrogen) atoms. The highest BCUT2D eigenvalue weighted by Crippen LogP contribution is 2.63. The first-order valence-electron chi connectivity index (χ1n) is 22.2. The maximum Gasteiger partial charge on any atom is 0.262 e. The van der Waals surface area contributed by atoms with Crippen LogP contribution < -0.4 is 9.47 Å². The monoisotopic (exact) mass is 990 g/mol. The maximum absolute atomic E-state index is 15.1. The van der Waals surface area contributed by atoms with E-state index in [0.29, 0.717) is 11.5 Å². The molecule has 12 nitrogen and oxygen atoms in total. The van der Waals surface area contributed by atoms with E-state index in [1.807, 2.05) is 133 Å². The van der Waals surface area contributed by atoms with Gasteiger partial charge in [-0.25, -0.2) is 0 Å². The number of thioether (sulfide) groups is 4. The van der Waals surface area contributed by atoms with Gasteiger partial charge in [-0.1, -0.05) is 109 Å². The van der Waals surface area contributed by atoms with Crippen molar-refractivity contribution in [2.75, 3.05) is 55.6 Å². The van der Waals surface area contributed by atoms with Crippen molar-refractivity contribution in [2.24, 2.45) is 0 Å². The lowest BCUT2D eigenvalue weighted by atomic mass is 9.94. The largest absolute Gasteiger partial charge is 0.497 e. The third-order valence-electron chi connectivity index (χ3n) is 13.4. The lowest BCUT2D eigenvalue weighted by molar-refractivity contribution is -0.166. The Labute approximate surface area is 414 Å². The van der Waals surface area contributed by atoms with Crippen LogP contribution in [0.5, 0.6) is 11.5 Å². The van der Waals surface area contributed by atoms with E-state index in [1.54, 1.807) is 62.0 Å². The third kappa shape index (κ3) is 8.44. The summed E-state index contributed by atoms with van der Waals surface area (Å²) in [5.74, 6) is 0.616. The normalized spacial score (nSPS) is 26.9. The van der Waals surface area contributed by atoms with Crippen molar-refractivity contribution in [2.45, 2.75) is 54.7 Å². The fourth-order valence-corrected chi connectivity index (χ4v) is 16.9. The molecule has 0 saturated carbocycles. The van der Waals surface area contributed by atoms with Gasteiger partial charge < -0.3 is 38.5 Å². The van der Waals surface area contributed by atoms with Crippen LogP contribution in [0.1, 0.15) is 42.5 Å². The van der Waals surface area contributed by atoms with Crippen LogP contribution in [0.15, 0.2) is 133 Å². The highest BCUT2D eigenvalue weighted by molar-refractivity contribution is 8.19. The van der Waals surface area contributed by atoms with E-state index in [-0.39, 0.29) is 72.1 Å². The van der Waals surface area contributed by atoms with Crippen LogP contribution in [0, 0.1) is 0 Å². The topological polar surface area (TPSA) is 118 Å². The Morgan fingerprint density at radius 3 is 1.06 bits per heavy atom. The predicted octanol–water partition coefficient (Wildman–Crippen LogP) is 8.23. The smallest absolute Gasteiger partial charge is 0.262 e. The van der Waals surface area contributed by atoms with Gasteiger partial charge in [0.15, 0.2) is 19.5 Å². The molecule has 6 heterocycles. The zero-order valence-corrected chi connectivity index (χ0v) is 42.1. The minimum Gasteiger partial charge on any atom is -0.497 e. The summed E-state index contributed by atoms with van der Waals surface area (Å²) in [6.07, 6.45) is 0.443. The van der Waals surface area contributed by atoms with Gasteiger partial charge in [-0.05, 0) is 57.6 Å². The molecule has 354 valence electrons. The number of fused-ring (bicyclic) bond motifs is 8. The average Bonchev–Trinajstić information content (AvgIpc) is 3.63. The molecular weight excluding hydrogens is 937 g/mol. The third-order valence-corrected chi connectivity index (χ3v) is 20.4. The van der Waals surface area contributed by atoms with Crippen molar-refractivity contribution in [3.8, 4) is 11.5 Å². The Balaban J connectivity index is 1.01. The van der Waals surface area contributed by atoms with Crippen molar-refractivity contribution in [1.29, 1.82) is 0 Å². The molecule has 0 aliphatic carbocycles. The van der Waals surface area contributed by atoms with Gasteiger partial charge in [0.25, 0.3) is 23.6 Å². The van der Waals surface area contributed by atoms with Gasteiger partial charge in [-0.3, -0.25) is 19.2 Å². The number of amides is 4. The average molecular weight is 991 g/mol. The molecule has 0 radical (unpaired) electrons. The van der Waals surface area contributed by atoms with E-state index in [9.17, 15) is 9.59 Å². The molecule has 0 spiro atoms. The van der Waals surface area contributed by atoms with Crippen LogP contribution in [0.3, 0.4) is 0 Å². The van der Waals surface area contributed by atoms with Crippen LogP contribution in [-0.4, -0.2) is 118 Å². The molecule has 6 fully saturated rings. The second-order valence-corrected chi connectivity index (χ2v) is 23.5. The van der Waals surface area contributed by atoms with Gasteiger partial charge in [0, 0.05) is 41.0 Å². The number of likely N-dealkylation sites (N-methyl/N-ethyl adjacent to an activating group) is 4. The van der Waals surface area contributed by atoms with Gasteiger partial charge >= 0.3 is 0 Å². The molecule has 11 rings (SSSR count). The summed E-state index contributed by atoms with van der Waals surface area (Å²) < 4.78 is 22.9. The molecule has 2 unspecified atom stereocenters. The Morgan fingerprint density at radius 2 is 0.721 bits per heavy atom. The van der Waals surface area contributed by atoms with E-state index in [4.69, 9.17) is 18.9 Å². The van der Waals surface area contributed by atoms with Crippen LogP contribution in [0.2, 0.25) is 0 Å². The first-order valence-corrected chi connectivity index (χ1v) is 25.7. The van der Waals surface area contributed by atoms with Crippen molar-refractivity contribution in [3.63, 3.8) is 0 Å². The number of carbonyl (C=O) groups excluding carboxylic acids is 4. The van der Waals surface area contributed by atoms with Gasteiger partial charge in [0.2, 0.25) is 0 Å².